The van der Waals surface area contributed by atoms with Crippen LogP contribution in [-0.2, 0) is 0 Å². The van der Waals surface area contributed by atoms with E-state index >= 15 is 0 Å². The van der Waals surface area contributed by atoms with Crippen molar-refractivity contribution in [2.45, 2.75) is 46.3 Å². The number of nitrogens with zero attached hydrogens (tertiary/aromatic N) is 4. The van der Waals surface area contributed by atoms with Gasteiger partial charge in [0.1, 0.15) is 12.0 Å². The van der Waals surface area contributed by atoms with Gasteiger partial charge in [-0.2, -0.15) is 10.2 Å². The topological polar surface area (TPSA) is 88.1 Å². The molecule has 1 rings (SSSR count). The highest BCUT2D eigenvalue weighted by Crippen LogP contribution is 2.29. The average Bonchev–Trinajstić information content (AvgIpc) is 2.33. The maximum absolute atomic E-state index is 8.72. The second-order valence-electron chi connectivity index (χ2n) is 4.78. The molecular formula is C13H21N5O. The highest BCUT2D eigenvalue weighted by molar-refractivity contribution is 5.68. The monoisotopic (exact) mass is 263 g/mol. The summed E-state index contributed by atoms with van der Waals surface area (Å²) < 4.78 is 5.55. The van der Waals surface area contributed by atoms with E-state index in [9.17, 15) is 0 Å². The van der Waals surface area contributed by atoms with Crippen molar-refractivity contribution in [1.29, 1.82) is 5.26 Å². The molecule has 1 aromatic heterocycles. The van der Waals surface area contributed by atoms with Gasteiger partial charge in [0.05, 0.1) is 18.6 Å². The Morgan fingerprint density at radius 2 is 2.05 bits per heavy atom. The molecule has 2 N–H and O–H groups in total. The molecule has 0 aliphatic heterocycles. The summed E-state index contributed by atoms with van der Waals surface area (Å²) in [5.41, 5.74) is 6.49. The summed E-state index contributed by atoms with van der Waals surface area (Å²) in [6.07, 6.45) is 1.85. The van der Waals surface area contributed by atoms with Gasteiger partial charge in [0, 0.05) is 12.6 Å². The molecule has 0 bridgehead atoms. The van der Waals surface area contributed by atoms with Crippen LogP contribution in [0, 0.1) is 11.3 Å². The molecule has 0 aliphatic rings. The predicted octanol–water partition coefficient (Wildman–Crippen LogP) is 1.97. The molecule has 0 atom stereocenters. The first-order valence-corrected chi connectivity index (χ1v) is 6.38. The Morgan fingerprint density at radius 1 is 1.37 bits per heavy atom. The van der Waals surface area contributed by atoms with E-state index in [0.717, 1.165) is 0 Å². The molecule has 0 fully saturated rings. The van der Waals surface area contributed by atoms with E-state index in [1.807, 2.05) is 32.6 Å². The van der Waals surface area contributed by atoms with E-state index in [-0.39, 0.29) is 12.1 Å². The Kier molecular flexibility index (Phi) is 5.37. The SMILES string of the molecule is CC(C)Oc1ncnc(N(CCC#N)C(C)C)c1N. The quantitative estimate of drug-likeness (QED) is 0.844. The van der Waals surface area contributed by atoms with Crippen molar-refractivity contribution in [3.05, 3.63) is 6.33 Å². The number of hydrogen-bond donors (Lipinski definition) is 1. The van der Waals surface area contributed by atoms with Crippen LogP contribution in [0.2, 0.25) is 0 Å². The molecule has 6 nitrogen and oxygen atoms in total. The van der Waals surface area contributed by atoms with Gasteiger partial charge >= 0.3 is 0 Å². The van der Waals surface area contributed by atoms with Gasteiger partial charge in [0.25, 0.3) is 0 Å². The van der Waals surface area contributed by atoms with Gasteiger partial charge in [-0.3, -0.25) is 0 Å². The zero-order valence-corrected chi connectivity index (χ0v) is 11.9. The lowest BCUT2D eigenvalue weighted by atomic mass is 10.2. The van der Waals surface area contributed by atoms with Crippen molar-refractivity contribution in [2.75, 3.05) is 17.2 Å². The number of ether oxygens (including phenoxy) is 1. The van der Waals surface area contributed by atoms with Gasteiger partial charge in [-0.05, 0) is 27.7 Å². The first kappa shape index (κ1) is 15.0. The molecule has 19 heavy (non-hydrogen) atoms. The van der Waals surface area contributed by atoms with Gasteiger partial charge in [0.2, 0.25) is 5.88 Å². The minimum absolute atomic E-state index is 0.00309. The second-order valence-corrected chi connectivity index (χ2v) is 4.78. The van der Waals surface area contributed by atoms with Crippen molar-refractivity contribution in [3.63, 3.8) is 0 Å². The van der Waals surface area contributed by atoms with E-state index in [1.165, 1.54) is 6.33 Å². The summed E-state index contributed by atoms with van der Waals surface area (Å²) in [5.74, 6) is 1.01. The molecular weight excluding hydrogens is 242 g/mol. The summed E-state index contributed by atoms with van der Waals surface area (Å²) >= 11 is 0. The number of rotatable bonds is 6. The van der Waals surface area contributed by atoms with Crippen LogP contribution in [0.4, 0.5) is 11.5 Å². The van der Waals surface area contributed by atoms with Gasteiger partial charge in [0.15, 0.2) is 5.82 Å². The molecule has 6 heteroatoms. The van der Waals surface area contributed by atoms with Crippen molar-refractivity contribution in [2.24, 2.45) is 0 Å². The minimum Gasteiger partial charge on any atom is -0.473 e. The first-order chi connectivity index (χ1) is 8.97. The van der Waals surface area contributed by atoms with Crippen molar-refractivity contribution in [1.82, 2.24) is 9.97 Å². The molecule has 0 saturated heterocycles. The summed E-state index contributed by atoms with van der Waals surface area (Å²) in [4.78, 5) is 10.3. The highest BCUT2D eigenvalue weighted by atomic mass is 16.5. The first-order valence-electron chi connectivity index (χ1n) is 6.38. The summed E-state index contributed by atoms with van der Waals surface area (Å²) in [6.45, 7) is 8.47. The van der Waals surface area contributed by atoms with Crippen LogP contribution in [0.15, 0.2) is 6.33 Å². The lowest BCUT2D eigenvalue weighted by Crippen LogP contribution is -2.33. The van der Waals surface area contributed by atoms with Crippen LogP contribution >= 0.6 is 0 Å². The van der Waals surface area contributed by atoms with Crippen molar-refractivity contribution < 1.29 is 4.74 Å². The minimum atomic E-state index is -0.00309. The molecule has 0 unspecified atom stereocenters. The van der Waals surface area contributed by atoms with E-state index in [2.05, 4.69) is 16.0 Å². The third-order valence-corrected chi connectivity index (χ3v) is 2.53. The lowest BCUT2D eigenvalue weighted by molar-refractivity contribution is 0.234. The number of nitriles is 1. The van der Waals surface area contributed by atoms with Crippen LogP contribution in [0.5, 0.6) is 5.88 Å². The molecule has 0 aromatic carbocycles. The fourth-order valence-electron chi connectivity index (χ4n) is 1.70. The van der Waals surface area contributed by atoms with E-state index in [1.54, 1.807) is 0 Å². The van der Waals surface area contributed by atoms with Crippen LogP contribution in [0.3, 0.4) is 0 Å². The number of aromatic nitrogens is 2. The summed E-state index contributed by atoms with van der Waals surface area (Å²) in [5, 5.41) is 8.72. The van der Waals surface area contributed by atoms with E-state index < -0.39 is 0 Å². The van der Waals surface area contributed by atoms with Crippen molar-refractivity contribution >= 4 is 11.5 Å². The fourth-order valence-corrected chi connectivity index (χ4v) is 1.70. The molecule has 0 radical (unpaired) electrons. The molecule has 0 aliphatic carbocycles. The van der Waals surface area contributed by atoms with Crippen LogP contribution in [0.25, 0.3) is 0 Å². The zero-order valence-electron chi connectivity index (χ0n) is 11.9. The molecule has 1 aromatic rings. The Morgan fingerprint density at radius 3 is 2.58 bits per heavy atom. The van der Waals surface area contributed by atoms with Gasteiger partial charge in [-0.25, -0.2) is 4.98 Å². The van der Waals surface area contributed by atoms with Crippen LogP contribution < -0.4 is 15.4 Å². The number of nitrogens with two attached hydrogens (primary N) is 1. The number of hydrogen-bond acceptors (Lipinski definition) is 6. The molecule has 0 amide bonds. The number of anilines is 2. The van der Waals surface area contributed by atoms with Gasteiger partial charge < -0.3 is 15.4 Å². The van der Waals surface area contributed by atoms with Crippen LogP contribution in [0.1, 0.15) is 34.1 Å². The summed E-state index contributed by atoms with van der Waals surface area (Å²) in [6, 6.07) is 2.32. The maximum atomic E-state index is 8.72. The zero-order chi connectivity index (χ0) is 14.4. The van der Waals surface area contributed by atoms with Gasteiger partial charge in [-0.1, -0.05) is 0 Å². The molecule has 0 saturated carbocycles. The molecule has 0 spiro atoms. The van der Waals surface area contributed by atoms with E-state index in [0.29, 0.717) is 30.4 Å². The molecule has 1 heterocycles. The standard InChI is InChI=1S/C13H21N5O/c1-9(2)18(7-5-6-14)12-11(15)13(17-8-16-12)19-10(3)4/h8-10H,5,7,15H2,1-4H3. The largest absolute Gasteiger partial charge is 0.473 e. The van der Waals surface area contributed by atoms with Gasteiger partial charge in [-0.15, -0.1) is 0 Å². The normalized spacial score (nSPS) is 10.6. The Hall–Kier alpha value is -2.03. The second kappa shape index (κ2) is 6.78. The smallest absolute Gasteiger partial charge is 0.242 e. The summed E-state index contributed by atoms with van der Waals surface area (Å²) in [7, 11) is 0. The van der Waals surface area contributed by atoms with Crippen LogP contribution in [-0.4, -0.2) is 28.7 Å². The Balaban J connectivity index is 3.06. The average molecular weight is 263 g/mol. The third-order valence-electron chi connectivity index (χ3n) is 2.53. The molecule has 104 valence electrons. The number of nitrogen functional groups attached to an aromatic ring is 1. The predicted molar refractivity (Wildman–Crippen MR) is 74.9 cm³/mol. The lowest BCUT2D eigenvalue weighted by Gasteiger charge is -2.28. The Bertz CT molecular complexity index is 453. The third kappa shape index (κ3) is 3.98. The van der Waals surface area contributed by atoms with E-state index in [4.69, 9.17) is 15.7 Å². The fraction of sp³-hybridized carbons (Fsp3) is 0.615. The van der Waals surface area contributed by atoms with Crippen molar-refractivity contribution in [3.8, 4) is 11.9 Å². The maximum Gasteiger partial charge on any atom is 0.242 e. The Labute approximate surface area is 114 Å². The highest BCUT2D eigenvalue weighted by Gasteiger charge is 2.18.